The van der Waals surface area contributed by atoms with Gasteiger partial charge < -0.3 is 4.74 Å². The normalized spacial score (nSPS) is 37.2. The maximum absolute atomic E-state index is 10.8. The molecule has 0 amide bonds. The number of carbonyl (C=O) groups is 1. The number of carbonyl (C=O) groups excluding carboxylic acids is 1. The molecule has 2 aliphatic rings. The Morgan fingerprint density at radius 2 is 1.77 bits per heavy atom. The van der Waals surface area contributed by atoms with Crippen molar-refractivity contribution in [3.63, 3.8) is 0 Å². The molecule has 0 N–H and O–H groups in total. The molecule has 0 aromatic rings. The molecular formula is C11H16O2. The van der Waals surface area contributed by atoms with Gasteiger partial charge in [0.05, 0.1) is 0 Å². The SMILES string of the molecule is CC(=O)O[C@H]1C[C@H]2CC=CC[C@H]2C1. The molecule has 0 aliphatic heterocycles. The first kappa shape index (κ1) is 8.79. The van der Waals surface area contributed by atoms with Crippen molar-refractivity contribution in [2.75, 3.05) is 0 Å². The monoisotopic (exact) mass is 180 g/mol. The zero-order valence-electron chi connectivity index (χ0n) is 8.03. The fraction of sp³-hybridized carbons (Fsp3) is 0.727. The Balaban J connectivity index is 1.90. The predicted molar refractivity (Wildman–Crippen MR) is 50.1 cm³/mol. The first-order chi connectivity index (χ1) is 6.25. The zero-order chi connectivity index (χ0) is 9.26. The van der Waals surface area contributed by atoms with Crippen LogP contribution in [0.2, 0.25) is 0 Å². The fourth-order valence-corrected chi connectivity index (χ4v) is 2.61. The van der Waals surface area contributed by atoms with E-state index >= 15 is 0 Å². The van der Waals surface area contributed by atoms with Crippen molar-refractivity contribution in [2.24, 2.45) is 11.8 Å². The average Bonchev–Trinajstić information content (AvgIpc) is 2.44. The molecule has 0 aromatic carbocycles. The van der Waals surface area contributed by atoms with Crippen LogP contribution in [0.15, 0.2) is 12.2 Å². The van der Waals surface area contributed by atoms with Crippen molar-refractivity contribution in [3.05, 3.63) is 12.2 Å². The largest absolute Gasteiger partial charge is 0.463 e. The van der Waals surface area contributed by atoms with Crippen LogP contribution in [0.4, 0.5) is 0 Å². The standard InChI is InChI=1S/C11H16O2/c1-8(12)13-11-6-9-4-2-3-5-10(9)7-11/h2-3,9-11H,4-7H2,1H3/t9-,10+,11+. The third-order valence-corrected chi connectivity index (χ3v) is 3.17. The maximum atomic E-state index is 10.8. The van der Waals surface area contributed by atoms with Crippen molar-refractivity contribution >= 4 is 5.97 Å². The Labute approximate surface area is 79.0 Å². The lowest BCUT2D eigenvalue weighted by atomic mass is 9.86. The number of ether oxygens (including phenoxy) is 1. The minimum absolute atomic E-state index is 0.128. The van der Waals surface area contributed by atoms with Gasteiger partial charge in [0.25, 0.3) is 0 Å². The molecule has 1 fully saturated rings. The summed E-state index contributed by atoms with van der Waals surface area (Å²) in [5.41, 5.74) is 0. The van der Waals surface area contributed by atoms with Crippen LogP contribution in [0.1, 0.15) is 32.6 Å². The second kappa shape index (κ2) is 3.52. The number of fused-ring (bicyclic) bond motifs is 1. The van der Waals surface area contributed by atoms with Crippen molar-refractivity contribution in [1.82, 2.24) is 0 Å². The molecule has 2 heteroatoms. The number of allylic oxidation sites excluding steroid dienone is 2. The second-order valence-electron chi connectivity index (χ2n) is 4.17. The van der Waals surface area contributed by atoms with E-state index in [1.165, 1.54) is 19.8 Å². The molecule has 2 aliphatic carbocycles. The molecule has 0 unspecified atom stereocenters. The third kappa shape index (κ3) is 1.93. The molecule has 2 nitrogen and oxygen atoms in total. The van der Waals surface area contributed by atoms with Gasteiger partial charge in [0.1, 0.15) is 6.10 Å². The smallest absolute Gasteiger partial charge is 0.302 e. The second-order valence-corrected chi connectivity index (χ2v) is 4.17. The van der Waals surface area contributed by atoms with E-state index in [1.54, 1.807) is 0 Å². The van der Waals surface area contributed by atoms with Crippen molar-refractivity contribution < 1.29 is 9.53 Å². The third-order valence-electron chi connectivity index (χ3n) is 3.17. The predicted octanol–water partition coefficient (Wildman–Crippen LogP) is 2.29. The number of hydrogen-bond donors (Lipinski definition) is 0. The summed E-state index contributed by atoms with van der Waals surface area (Å²) in [6.07, 6.45) is 9.25. The average molecular weight is 180 g/mol. The summed E-state index contributed by atoms with van der Waals surface area (Å²) in [5, 5.41) is 0. The van der Waals surface area contributed by atoms with Crippen LogP contribution in [0.25, 0.3) is 0 Å². The van der Waals surface area contributed by atoms with E-state index in [1.807, 2.05) is 0 Å². The van der Waals surface area contributed by atoms with Crippen LogP contribution in [-0.4, -0.2) is 12.1 Å². The molecule has 2 rings (SSSR count). The van der Waals surface area contributed by atoms with E-state index in [-0.39, 0.29) is 12.1 Å². The van der Waals surface area contributed by atoms with Crippen LogP contribution in [0.3, 0.4) is 0 Å². The molecule has 1 saturated carbocycles. The first-order valence-corrected chi connectivity index (χ1v) is 5.08. The summed E-state index contributed by atoms with van der Waals surface area (Å²) in [7, 11) is 0. The highest BCUT2D eigenvalue weighted by Gasteiger charge is 2.35. The molecule has 13 heavy (non-hydrogen) atoms. The van der Waals surface area contributed by atoms with E-state index in [4.69, 9.17) is 4.74 Å². The quantitative estimate of drug-likeness (QED) is 0.457. The molecule has 0 radical (unpaired) electrons. The van der Waals surface area contributed by atoms with E-state index in [0.29, 0.717) is 0 Å². The molecule has 0 aromatic heterocycles. The van der Waals surface area contributed by atoms with E-state index < -0.39 is 0 Å². The molecule has 0 heterocycles. The van der Waals surface area contributed by atoms with Crippen LogP contribution in [-0.2, 0) is 9.53 Å². The zero-order valence-corrected chi connectivity index (χ0v) is 8.03. The van der Waals surface area contributed by atoms with Gasteiger partial charge in [-0.15, -0.1) is 0 Å². The fourth-order valence-electron chi connectivity index (χ4n) is 2.61. The first-order valence-electron chi connectivity index (χ1n) is 5.08. The minimum atomic E-state index is -0.128. The highest BCUT2D eigenvalue weighted by Crippen LogP contribution is 2.40. The number of rotatable bonds is 1. The van der Waals surface area contributed by atoms with Crippen molar-refractivity contribution in [3.8, 4) is 0 Å². The molecule has 72 valence electrons. The van der Waals surface area contributed by atoms with Gasteiger partial charge in [0.15, 0.2) is 0 Å². The van der Waals surface area contributed by atoms with Gasteiger partial charge in [-0.2, -0.15) is 0 Å². The van der Waals surface area contributed by atoms with E-state index in [0.717, 1.165) is 24.7 Å². The molecule has 3 atom stereocenters. The Kier molecular flexibility index (Phi) is 2.38. The van der Waals surface area contributed by atoms with Gasteiger partial charge in [0.2, 0.25) is 0 Å². The molecule has 0 bridgehead atoms. The highest BCUT2D eigenvalue weighted by molar-refractivity contribution is 5.66. The summed E-state index contributed by atoms with van der Waals surface area (Å²) < 4.78 is 5.24. The lowest BCUT2D eigenvalue weighted by molar-refractivity contribution is -0.146. The van der Waals surface area contributed by atoms with Crippen molar-refractivity contribution in [2.45, 2.75) is 38.7 Å². The maximum Gasteiger partial charge on any atom is 0.302 e. The van der Waals surface area contributed by atoms with Gasteiger partial charge >= 0.3 is 5.97 Å². The lowest BCUT2D eigenvalue weighted by Gasteiger charge is -2.19. The minimum Gasteiger partial charge on any atom is -0.463 e. The van der Waals surface area contributed by atoms with Gasteiger partial charge in [-0.05, 0) is 37.5 Å². The van der Waals surface area contributed by atoms with E-state index in [2.05, 4.69) is 12.2 Å². The summed E-state index contributed by atoms with van der Waals surface area (Å²) in [6.45, 7) is 1.50. The Bertz CT molecular complexity index is 216. The highest BCUT2D eigenvalue weighted by atomic mass is 16.5. The number of esters is 1. The van der Waals surface area contributed by atoms with Gasteiger partial charge in [-0.25, -0.2) is 0 Å². The van der Waals surface area contributed by atoms with E-state index in [9.17, 15) is 4.79 Å². The topological polar surface area (TPSA) is 26.3 Å². The van der Waals surface area contributed by atoms with Crippen molar-refractivity contribution in [1.29, 1.82) is 0 Å². The molecule has 0 spiro atoms. The van der Waals surface area contributed by atoms with Gasteiger partial charge in [-0.1, -0.05) is 12.2 Å². The summed E-state index contributed by atoms with van der Waals surface area (Å²) in [6, 6.07) is 0. The van der Waals surface area contributed by atoms with Crippen LogP contribution in [0, 0.1) is 11.8 Å². The van der Waals surface area contributed by atoms with Crippen LogP contribution in [0.5, 0.6) is 0 Å². The Morgan fingerprint density at radius 3 is 2.23 bits per heavy atom. The summed E-state index contributed by atoms with van der Waals surface area (Å²) >= 11 is 0. The van der Waals surface area contributed by atoms with Gasteiger partial charge in [0, 0.05) is 6.92 Å². The Hall–Kier alpha value is -0.790. The van der Waals surface area contributed by atoms with Crippen LogP contribution >= 0.6 is 0 Å². The lowest BCUT2D eigenvalue weighted by Crippen LogP contribution is -2.12. The number of hydrogen-bond acceptors (Lipinski definition) is 2. The summed E-state index contributed by atoms with van der Waals surface area (Å²) in [4.78, 5) is 10.8. The van der Waals surface area contributed by atoms with Gasteiger partial charge in [-0.3, -0.25) is 4.79 Å². The molecular weight excluding hydrogens is 164 g/mol. The molecule has 0 saturated heterocycles. The van der Waals surface area contributed by atoms with Crippen LogP contribution < -0.4 is 0 Å². The summed E-state index contributed by atoms with van der Waals surface area (Å²) in [5.74, 6) is 1.42. The Morgan fingerprint density at radius 1 is 1.23 bits per heavy atom.